The minimum atomic E-state index is 0.133. The molecule has 0 saturated carbocycles. The first kappa shape index (κ1) is 19.2. The normalized spacial score (nSPS) is 22.4. The van der Waals surface area contributed by atoms with E-state index in [4.69, 9.17) is 0 Å². The smallest absolute Gasteiger partial charge is 0.142 e. The van der Waals surface area contributed by atoms with Gasteiger partial charge in [-0.3, -0.25) is 4.57 Å². The molecule has 1 aliphatic heterocycles. The molecule has 2 unspecified atom stereocenters. The number of aromatic nitrogens is 6. The van der Waals surface area contributed by atoms with Gasteiger partial charge in [-0.2, -0.15) is 20.3 Å². The Hall–Kier alpha value is -3.73. The maximum Gasteiger partial charge on any atom is 0.142 e. The number of nitrogens with zero attached hydrogens (tertiary/aromatic N) is 8. The number of benzene rings is 1. The van der Waals surface area contributed by atoms with Crippen LogP contribution in [0.3, 0.4) is 0 Å². The lowest BCUT2D eigenvalue weighted by molar-refractivity contribution is 0.537. The van der Waals surface area contributed by atoms with Crippen LogP contribution in [0, 0.1) is 24.2 Å². The average Bonchev–Trinajstić information content (AvgIpc) is 3.34. The average molecular weight is 413 g/mol. The summed E-state index contributed by atoms with van der Waals surface area (Å²) in [6, 6.07) is 8.78. The predicted octanol–water partition coefficient (Wildman–Crippen LogP) is 3.32. The summed E-state index contributed by atoms with van der Waals surface area (Å²) in [7, 11) is 1.82. The second kappa shape index (κ2) is 7.20. The fourth-order valence-electron chi connectivity index (χ4n) is 4.61. The van der Waals surface area contributed by atoms with Gasteiger partial charge in [0.05, 0.1) is 29.7 Å². The molecule has 0 saturated heterocycles. The summed E-state index contributed by atoms with van der Waals surface area (Å²) in [4.78, 5) is 4.00. The molecule has 1 aliphatic carbocycles. The van der Waals surface area contributed by atoms with Crippen LogP contribution >= 0.6 is 0 Å². The first-order chi connectivity index (χ1) is 15.0. The van der Waals surface area contributed by atoms with Gasteiger partial charge in [-0.1, -0.05) is 32.1 Å². The fraction of sp³-hybridized carbons (Fsp3) is 0.348. The van der Waals surface area contributed by atoms with Crippen LogP contribution in [0.4, 0.5) is 5.69 Å². The van der Waals surface area contributed by atoms with Crippen molar-refractivity contribution >= 4 is 5.69 Å². The van der Waals surface area contributed by atoms with Crippen molar-refractivity contribution in [2.24, 2.45) is 13.0 Å². The van der Waals surface area contributed by atoms with Crippen LogP contribution in [0.25, 0.3) is 16.9 Å². The Morgan fingerprint density at radius 3 is 2.71 bits per heavy atom. The molecule has 0 radical (unpaired) electrons. The SMILES string of the molecule is Cc1nnc2n1-c1ccc(-c3cnn(C)n3)cc1N(C1C=CC(C#N)=CC1C)C[C@@H]2C. The molecular weight excluding hydrogens is 388 g/mol. The third kappa shape index (κ3) is 3.13. The Bertz CT molecular complexity index is 1250. The van der Waals surface area contributed by atoms with Gasteiger partial charge >= 0.3 is 0 Å². The van der Waals surface area contributed by atoms with Crippen molar-refractivity contribution in [1.82, 2.24) is 29.8 Å². The van der Waals surface area contributed by atoms with Crippen molar-refractivity contribution in [3.8, 4) is 23.0 Å². The van der Waals surface area contributed by atoms with E-state index in [0.717, 1.165) is 40.8 Å². The first-order valence-electron chi connectivity index (χ1n) is 10.5. The van der Waals surface area contributed by atoms with Gasteiger partial charge in [0.2, 0.25) is 0 Å². The van der Waals surface area contributed by atoms with Gasteiger partial charge in [0.1, 0.15) is 17.3 Å². The molecule has 0 N–H and O–H groups in total. The highest BCUT2D eigenvalue weighted by Crippen LogP contribution is 2.39. The first-order valence-corrected chi connectivity index (χ1v) is 10.5. The summed E-state index contributed by atoms with van der Waals surface area (Å²) >= 11 is 0. The Labute approximate surface area is 181 Å². The highest BCUT2D eigenvalue weighted by atomic mass is 15.4. The van der Waals surface area contributed by atoms with Crippen LogP contribution in [0.15, 0.2) is 48.2 Å². The highest BCUT2D eigenvalue weighted by molar-refractivity contribution is 5.74. The Morgan fingerprint density at radius 1 is 1.16 bits per heavy atom. The van der Waals surface area contributed by atoms with E-state index in [9.17, 15) is 5.26 Å². The molecule has 3 aromatic rings. The van der Waals surface area contributed by atoms with Crippen LogP contribution in [-0.2, 0) is 7.05 Å². The minimum Gasteiger partial charge on any atom is -0.362 e. The quantitative estimate of drug-likeness (QED) is 0.642. The van der Waals surface area contributed by atoms with E-state index >= 15 is 0 Å². The minimum absolute atomic E-state index is 0.133. The predicted molar refractivity (Wildman–Crippen MR) is 118 cm³/mol. The molecule has 8 nitrogen and oxygen atoms in total. The maximum absolute atomic E-state index is 9.32. The zero-order chi connectivity index (χ0) is 21.7. The van der Waals surface area contributed by atoms with Gasteiger partial charge in [-0.05, 0) is 31.1 Å². The molecule has 5 rings (SSSR count). The summed E-state index contributed by atoms with van der Waals surface area (Å²) in [5.41, 5.74) is 4.73. The molecule has 2 aromatic heterocycles. The molecule has 3 atom stereocenters. The topological polar surface area (TPSA) is 88.4 Å². The molecule has 0 amide bonds. The molecule has 3 heterocycles. The fourth-order valence-corrected chi connectivity index (χ4v) is 4.61. The third-order valence-corrected chi connectivity index (χ3v) is 6.13. The molecule has 156 valence electrons. The molecule has 2 aliphatic rings. The zero-order valence-electron chi connectivity index (χ0n) is 18.1. The van der Waals surface area contributed by atoms with Gasteiger partial charge in [-0.15, -0.1) is 10.2 Å². The molecule has 8 heteroatoms. The maximum atomic E-state index is 9.32. The van der Waals surface area contributed by atoms with Crippen molar-refractivity contribution in [2.75, 3.05) is 11.4 Å². The van der Waals surface area contributed by atoms with Crippen molar-refractivity contribution in [3.63, 3.8) is 0 Å². The number of aryl methyl sites for hydroxylation is 2. The van der Waals surface area contributed by atoms with Crippen molar-refractivity contribution in [1.29, 1.82) is 5.26 Å². The zero-order valence-corrected chi connectivity index (χ0v) is 18.1. The van der Waals surface area contributed by atoms with Gasteiger partial charge in [0.25, 0.3) is 0 Å². The summed E-state index contributed by atoms with van der Waals surface area (Å²) in [5.74, 6) is 2.23. The van der Waals surface area contributed by atoms with Crippen LogP contribution in [0.2, 0.25) is 0 Å². The van der Waals surface area contributed by atoms with Crippen molar-refractivity contribution in [3.05, 3.63) is 59.8 Å². The van der Waals surface area contributed by atoms with E-state index in [1.165, 1.54) is 0 Å². The van der Waals surface area contributed by atoms with E-state index in [-0.39, 0.29) is 17.9 Å². The highest BCUT2D eigenvalue weighted by Gasteiger charge is 2.33. The van der Waals surface area contributed by atoms with E-state index in [0.29, 0.717) is 5.57 Å². The number of hydrogen-bond acceptors (Lipinski definition) is 6. The Balaban J connectivity index is 1.69. The Kier molecular flexibility index (Phi) is 4.47. The van der Waals surface area contributed by atoms with E-state index in [1.807, 2.05) is 20.0 Å². The van der Waals surface area contributed by atoms with Gasteiger partial charge < -0.3 is 4.90 Å². The number of hydrogen-bond donors (Lipinski definition) is 0. The van der Waals surface area contributed by atoms with E-state index < -0.39 is 0 Å². The number of nitriles is 1. The largest absolute Gasteiger partial charge is 0.362 e. The van der Waals surface area contributed by atoms with E-state index in [2.05, 4.69) is 80.1 Å². The lowest BCUT2D eigenvalue weighted by atomic mass is 9.91. The van der Waals surface area contributed by atoms with E-state index in [1.54, 1.807) is 11.0 Å². The molecule has 1 aromatic carbocycles. The molecule has 0 bridgehead atoms. The summed E-state index contributed by atoms with van der Waals surface area (Å²) < 4.78 is 2.16. The van der Waals surface area contributed by atoms with Crippen LogP contribution in [0.5, 0.6) is 0 Å². The standard InChI is InChI=1S/C23H24N8/c1-14-9-17(11-24)5-7-20(14)30-13-15(2)23-27-26-16(3)31(23)21-8-6-18(10-22(21)30)19-12-25-29(4)28-19/h5-10,12,14-15,20H,13H2,1-4H3/t14?,15-,20?/m0/s1. The summed E-state index contributed by atoms with van der Waals surface area (Å²) in [6.45, 7) is 7.14. The molecule has 0 fully saturated rings. The summed E-state index contributed by atoms with van der Waals surface area (Å²) in [5, 5.41) is 26.9. The Morgan fingerprint density at radius 2 is 2.00 bits per heavy atom. The van der Waals surface area contributed by atoms with Crippen LogP contribution in [-0.4, -0.2) is 42.3 Å². The van der Waals surface area contributed by atoms with Gasteiger partial charge in [0, 0.05) is 30.6 Å². The lowest BCUT2D eigenvalue weighted by Gasteiger charge is -2.37. The number of fused-ring (bicyclic) bond motifs is 3. The van der Waals surface area contributed by atoms with Crippen molar-refractivity contribution < 1.29 is 0 Å². The molecular formula is C23H24N8. The van der Waals surface area contributed by atoms with Crippen molar-refractivity contribution in [2.45, 2.75) is 32.7 Å². The third-order valence-electron chi connectivity index (χ3n) is 6.13. The monoisotopic (exact) mass is 412 g/mol. The number of rotatable bonds is 2. The van der Waals surface area contributed by atoms with Crippen LogP contribution in [0.1, 0.15) is 31.4 Å². The second-order valence-electron chi connectivity index (χ2n) is 8.36. The van der Waals surface area contributed by atoms with Gasteiger partial charge in [0.15, 0.2) is 0 Å². The lowest BCUT2D eigenvalue weighted by Crippen LogP contribution is -2.41. The number of anilines is 1. The molecule has 0 spiro atoms. The van der Waals surface area contributed by atoms with Crippen LogP contribution < -0.4 is 4.90 Å². The second-order valence-corrected chi connectivity index (χ2v) is 8.36. The number of allylic oxidation sites excluding steroid dienone is 2. The summed E-state index contributed by atoms with van der Waals surface area (Å²) in [6.07, 6.45) is 7.91. The molecule has 31 heavy (non-hydrogen) atoms. The van der Waals surface area contributed by atoms with Gasteiger partial charge in [-0.25, -0.2) is 0 Å².